The molecule has 4 heteroatoms. The lowest BCUT2D eigenvalue weighted by Crippen LogP contribution is -2.29. The average molecular weight is 229 g/mol. The summed E-state index contributed by atoms with van der Waals surface area (Å²) < 4.78 is 40.4. The van der Waals surface area contributed by atoms with Gasteiger partial charge in [0.05, 0.1) is 0 Å². The van der Waals surface area contributed by atoms with Gasteiger partial charge in [0.1, 0.15) is 5.82 Å². The standard InChI is InChI=1S/C12H14F3N/c13-10-4-1-3-9(7-10)12(14,15)8-11-5-2-6-16-11/h1,3-4,7,11,16H,2,5-6,8H2. The first kappa shape index (κ1) is 11.5. The monoisotopic (exact) mass is 229 g/mol. The molecule has 1 aliphatic heterocycles. The molecule has 1 heterocycles. The molecule has 0 saturated carbocycles. The molecule has 88 valence electrons. The molecule has 0 bridgehead atoms. The molecule has 1 N–H and O–H groups in total. The average Bonchev–Trinajstić information content (AvgIpc) is 2.70. The normalized spacial score (nSPS) is 21.3. The molecule has 1 unspecified atom stereocenters. The van der Waals surface area contributed by atoms with Crippen molar-refractivity contribution in [2.45, 2.75) is 31.2 Å². The Kier molecular flexibility index (Phi) is 3.19. The minimum Gasteiger partial charge on any atom is -0.314 e. The van der Waals surface area contributed by atoms with Crippen molar-refractivity contribution in [2.75, 3.05) is 6.54 Å². The van der Waals surface area contributed by atoms with Crippen LogP contribution in [0.4, 0.5) is 13.2 Å². The van der Waals surface area contributed by atoms with E-state index >= 15 is 0 Å². The summed E-state index contributed by atoms with van der Waals surface area (Å²) in [7, 11) is 0. The Hall–Kier alpha value is -1.03. The summed E-state index contributed by atoms with van der Waals surface area (Å²) in [6.45, 7) is 0.796. The first-order chi connectivity index (χ1) is 7.58. The van der Waals surface area contributed by atoms with Crippen LogP contribution in [0.2, 0.25) is 0 Å². The fourth-order valence-corrected chi connectivity index (χ4v) is 2.07. The molecule has 16 heavy (non-hydrogen) atoms. The second-order valence-electron chi connectivity index (χ2n) is 4.21. The number of halogens is 3. The fourth-order valence-electron chi connectivity index (χ4n) is 2.07. The summed E-state index contributed by atoms with van der Waals surface area (Å²) in [6.07, 6.45) is 1.45. The third-order valence-corrected chi connectivity index (χ3v) is 2.91. The van der Waals surface area contributed by atoms with Gasteiger partial charge < -0.3 is 5.32 Å². The molecule has 1 atom stereocenters. The van der Waals surface area contributed by atoms with Crippen molar-refractivity contribution in [1.29, 1.82) is 0 Å². The zero-order chi connectivity index (χ0) is 11.6. The van der Waals surface area contributed by atoms with Gasteiger partial charge in [-0.25, -0.2) is 13.2 Å². The van der Waals surface area contributed by atoms with Crippen molar-refractivity contribution in [2.24, 2.45) is 0 Å². The molecule has 0 spiro atoms. The van der Waals surface area contributed by atoms with E-state index in [1.807, 2.05) is 0 Å². The second kappa shape index (κ2) is 4.45. The molecule has 2 rings (SSSR count). The maximum Gasteiger partial charge on any atom is 0.274 e. The summed E-state index contributed by atoms with van der Waals surface area (Å²) >= 11 is 0. The van der Waals surface area contributed by atoms with Crippen LogP contribution in [0.1, 0.15) is 24.8 Å². The Labute approximate surface area is 92.7 Å². The van der Waals surface area contributed by atoms with Crippen LogP contribution < -0.4 is 5.32 Å². The molecule has 1 aliphatic rings. The Morgan fingerprint density at radius 2 is 2.19 bits per heavy atom. The maximum absolute atomic E-state index is 13.8. The molecule has 0 amide bonds. The molecule has 0 aliphatic carbocycles. The molecule has 1 saturated heterocycles. The molecule has 1 aromatic rings. The van der Waals surface area contributed by atoms with Crippen molar-refractivity contribution >= 4 is 0 Å². The summed E-state index contributed by atoms with van der Waals surface area (Å²) in [6, 6.07) is 4.53. The number of rotatable bonds is 3. The number of benzene rings is 1. The Balaban J connectivity index is 2.10. The molecule has 1 aromatic carbocycles. The van der Waals surface area contributed by atoms with E-state index in [9.17, 15) is 13.2 Å². The lowest BCUT2D eigenvalue weighted by atomic mass is 10.00. The van der Waals surface area contributed by atoms with Crippen LogP contribution in [-0.2, 0) is 5.92 Å². The quantitative estimate of drug-likeness (QED) is 0.840. The Bertz CT molecular complexity index is 359. The third-order valence-electron chi connectivity index (χ3n) is 2.91. The van der Waals surface area contributed by atoms with Gasteiger partial charge in [-0.05, 0) is 31.5 Å². The number of alkyl halides is 2. The first-order valence-electron chi connectivity index (χ1n) is 5.45. The highest BCUT2D eigenvalue weighted by molar-refractivity contribution is 5.21. The van der Waals surface area contributed by atoms with Crippen molar-refractivity contribution in [3.05, 3.63) is 35.6 Å². The number of hydrogen-bond acceptors (Lipinski definition) is 1. The largest absolute Gasteiger partial charge is 0.314 e. The lowest BCUT2D eigenvalue weighted by Gasteiger charge is -2.20. The summed E-state index contributed by atoms with van der Waals surface area (Å²) in [4.78, 5) is 0. The molecular weight excluding hydrogens is 215 g/mol. The van der Waals surface area contributed by atoms with Crippen LogP contribution in [-0.4, -0.2) is 12.6 Å². The van der Waals surface area contributed by atoms with Gasteiger partial charge in [-0.1, -0.05) is 12.1 Å². The van der Waals surface area contributed by atoms with Crippen LogP contribution in [0, 0.1) is 5.82 Å². The van der Waals surface area contributed by atoms with Gasteiger partial charge in [0, 0.05) is 18.0 Å². The highest BCUT2D eigenvalue weighted by Crippen LogP contribution is 2.34. The molecule has 1 fully saturated rings. The number of hydrogen-bond donors (Lipinski definition) is 1. The third kappa shape index (κ3) is 2.55. The van der Waals surface area contributed by atoms with Crippen LogP contribution in [0.25, 0.3) is 0 Å². The van der Waals surface area contributed by atoms with Crippen LogP contribution in [0.3, 0.4) is 0 Å². The lowest BCUT2D eigenvalue weighted by molar-refractivity contribution is -0.0215. The molecule has 0 aromatic heterocycles. The zero-order valence-corrected chi connectivity index (χ0v) is 8.85. The Morgan fingerprint density at radius 3 is 2.81 bits per heavy atom. The Morgan fingerprint density at radius 1 is 1.38 bits per heavy atom. The summed E-state index contributed by atoms with van der Waals surface area (Å²) in [5.74, 6) is -3.57. The number of nitrogens with one attached hydrogen (secondary N) is 1. The SMILES string of the molecule is Fc1cccc(C(F)(F)CC2CCCN2)c1. The van der Waals surface area contributed by atoms with Gasteiger partial charge in [0.25, 0.3) is 5.92 Å². The second-order valence-corrected chi connectivity index (χ2v) is 4.21. The predicted molar refractivity (Wildman–Crippen MR) is 55.9 cm³/mol. The highest BCUT2D eigenvalue weighted by atomic mass is 19.3. The predicted octanol–water partition coefficient (Wildman–Crippen LogP) is 3.06. The topological polar surface area (TPSA) is 12.0 Å². The van der Waals surface area contributed by atoms with E-state index in [2.05, 4.69) is 5.32 Å². The van der Waals surface area contributed by atoms with Crippen molar-refractivity contribution in [1.82, 2.24) is 5.32 Å². The van der Waals surface area contributed by atoms with Gasteiger partial charge in [-0.2, -0.15) is 0 Å². The van der Waals surface area contributed by atoms with Crippen molar-refractivity contribution in [3.8, 4) is 0 Å². The van der Waals surface area contributed by atoms with E-state index in [0.717, 1.165) is 25.5 Å². The first-order valence-corrected chi connectivity index (χ1v) is 5.45. The van der Waals surface area contributed by atoms with Gasteiger partial charge in [0.15, 0.2) is 0 Å². The van der Waals surface area contributed by atoms with E-state index in [-0.39, 0.29) is 18.0 Å². The maximum atomic E-state index is 13.8. The van der Waals surface area contributed by atoms with E-state index in [0.29, 0.717) is 0 Å². The minimum absolute atomic E-state index is 0.154. The fraction of sp³-hybridized carbons (Fsp3) is 0.500. The van der Waals surface area contributed by atoms with Gasteiger partial charge in [-0.3, -0.25) is 0 Å². The zero-order valence-electron chi connectivity index (χ0n) is 8.85. The van der Waals surface area contributed by atoms with Crippen LogP contribution >= 0.6 is 0 Å². The van der Waals surface area contributed by atoms with Gasteiger partial charge >= 0.3 is 0 Å². The van der Waals surface area contributed by atoms with Gasteiger partial charge in [0.2, 0.25) is 0 Å². The van der Waals surface area contributed by atoms with Crippen LogP contribution in [0.5, 0.6) is 0 Å². The summed E-state index contributed by atoms with van der Waals surface area (Å²) in [5, 5.41) is 3.02. The van der Waals surface area contributed by atoms with Gasteiger partial charge in [-0.15, -0.1) is 0 Å². The highest BCUT2D eigenvalue weighted by Gasteiger charge is 2.35. The van der Waals surface area contributed by atoms with Crippen molar-refractivity contribution < 1.29 is 13.2 Å². The van der Waals surface area contributed by atoms with E-state index in [1.165, 1.54) is 18.2 Å². The smallest absolute Gasteiger partial charge is 0.274 e. The van der Waals surface area contributed by atoms with E-state index < -0.39 is 11.7 Å². The minimum atomic E-state index is -2.95. The van der Waals surface area contributed by atoms with E-state index in [1.54, 1.807) is 0 Å². The molecule has 1 nitrogen and oxygen atoms in total. The van der Waals surface area contributed by atoms with Crippen molar-refractivity contribution in [3.63, 3.8) is 0 Å². The van der Waals surface area contributed by atoms with E-state index in [4.69, 9.17) is 0 Å². The summed E-state index contributed by atoms with van der Waals surface area (Å²) in [5.41, 5.74) is -0.235. The molecular formula is C12H14F3N. The molecule has 0 radical (unpaired) electrons. The van der Waals surface area contributed by atoms with Crippen LogP contribution in [0.15, 0.2) is 24.3 Å².